The van der Waals surface area contributed by atoms with Crippen LogP contribution >= 0.6 is 0 Å². The summed E-state index contributed by atoms with van der Waals surface area (Å²) >= 11 is 0. The van der Waals surface area contributed by atoms with Gasteiger partial charge in [-0.25, -0.2) is 4.39 Å². The predicted octanol–water partition coefficient (Wildman–Crippen LogP) is 1.77. The zero-order valence-electron chi connectivity index (χ0n) is 7.80. The molecule has 2 rings (SSSR count). The molecule has 1 aromatic heterocycles. The molecule has 0 aliphatic heterocycles. The molecular formula is C10H11FN2O. The van der Waals surface area contributed by atoms with Crippen molar-refractivity contribution >= 4 is 10.9 Å². The SMILES string of the molecule is COc1c(F)ccc2[nH]cc(CN)c12. The van der Waals surface area contributed by atoms with Crippen LogP contribution in [0.5, 0.6) is 5.75 Å². The van der Waals surface area contributed by atoms with Crippen molar-refractivity contribution in [1.29, 1.82) is 0 Å². The van der Waals surface area contributed by atoms with E-state index in [9.17, 15) is 4.39 Å². The molecule has 0 aliphatic carbocycles. The average Bonchev–Trinajstić information content (AvgIpc) is 2.61. The number of rotatable bonds is 2. The standard InChI is InChI=1S/C10H11FN2O/c1-14-10-7(11)2-3-8-9(10)6(4-12)5-13-8/h2-3,5,13H,4,12H2,1H3. The molecular weight excluding hydrogens is 183 g/mol. The highest BCUT2D eigenvalue weighted by Crippen LogP contribution is 2.30. The van der Waals surface area contributed by atoms with Crippen LogP contribution in [0, 0.1) is 5.82 Å². The van der Waals surface area contributed by atoms with Gasteiger partial charge in [-0.3, -0.25) is 0 Å². The Hall–Kier alpha value is -1.55. The van der Waals surface area contributed by atoms with Crippen molar-refractivity contribution in [2.75, 3.05) is 7.11 Å². The van der Waals surface area contributed by atoms with Crippen LogP contribution in [-0.2, 0) is 6.54 Å². The molecule has 0 aliphatic rings. The molecule has 3 N–H and O–H groups in total. The van der Waals surface area contributed by atoms with E-state index in [0.717, 1.165) is 16.5 Å². The Balaban J connectivity index is 2.81. The van der Waals surface area contributed by atoms with E-state index in [1.807, 2.05) is 0 Å². The van der Waals surface area contributed by atoms with Gasteiger partial charge in [0.05, 0.1) is 7.11 Å². The van der Waals surface area contributed by atoms with Crippen LogP contribution in [0.15, 0.2) is 18.3 Å². The van der Waals surface area contributed by atoms with Crippen molar-refractivity contribution in [3.63, 3.8) is 0 Å². The number of nitrogens with one attached hydrogen (secondary N) is 1. The molecule has 1 aromatic carbocycles. The van der Waals surface area contributed by atoms with Crippen LogP contribution in [0.1, 0.15) is 5.56 Å². The van der Waals surface area contributed by atoms with Crippen LogP contribution in [0.4, 0.5) is 4.39 Å². The third-order valence-electron chi connectivity index (χ3n) is 2.26. The van der Waals surface area contributed by atoms with Gasteiger partial charge >= 0.3 is 0 Å². The number of hydrogen-bond donors (Lipinski definition) is 2. The second-order valence-electron chi connectivity index (χ2n) is 3.02. The van der Waals surface area contributed by atoms with Gasteiger partial charge in [0.2, 0.25) is 0 Å². The van der Waals surface area contributed by atoms with Crippen molar-refractivity contribution < 1.29 is 9.13 Å². The lowest BCUT2D eigenvalue weighted by Crippen LogP contribution is -1.96. The van der Waals surface area contributed by atoms with E-state index in [1.165, 1.54) is 13.2 Å². The first-order chi connectivity index (χ1) is 6.77. The first-order valence-electron chi connectivity index (χ1n) is 4.30. The molecule has 2 aromatic rings. The minimum absolute atomic E-state index is 0.254. The Labute approximate surface area is 80.7 Å². The highest BCUT2D eigenvalue weighted by Gasteiger charge is 2.12. The predicted molar refractivity (Wildman–Crippen MR) is 52.7 cm³/mol. The van der Waals surface area contributed by atoms with Crippen molar-refractivity contribution in [3.8, 4) is 5.75 Å². The zero-order chi connectivity index (χ0) is 10.1. The summed E-state index contributed by atoms with van der Waals surface area (Å²) in [4.78, 5) is 3.01. The van der Waals surface area contributed by atoms with Crippen molar-refractivity contribution in [1.82, 2.24) is 4.98 Å². The Morgan fingerprint density at radius 2 is 2.29 bits per heavy atom. The first kappa shape index (κ1) is 9.02. The smallest absolute Gasteiger partial charge is 0.165 e. The molecule has 4 heteroatoms. The quantitative estimate of drug-likeness (QED) is 0.765. The Bertz CT molecular complexity index is 464. The molecule has 0 saturated heterocycles. The fourth-order valence-electron chi connectivity index (χ4n) is 1.59. The lowest BCUT2D eigenvalue weighted by Gasteiger charge is -2.04. The van der Waals surface area contributed by atoms with Gasteiger partial charge in [0, 0.05) is 23.6 Å². The lowest BCUT2D eigenvalue weighted by molar-refractivity contribution is 0.391. The van der Waals surface area contributed by atoms with Gasteiger partial charge < -0.3 is 15.5 Å². The highest BCUT2D eigenvalue weighted by molar-refractivity contribution is 5.89. The molecule has 1 heterocycles. The van der Waals surface area contributed by atoms with Crippen LogP contribution in [0.3, 0.4) is 0 Å². The number of methoxy groups -OCH3 is 1. The Morgan fingerprint density at radius 3 is 2.93 bits per heavy atom. The molecule has 0 spiro atoms. The Kier molecular flexibility index (Phi) is 2.13. The molecule has 74 valence electrons. The maximum absolute atomic E-state index is 13.3. The monoisotopic (exact) mass is 194 g/mol. The number of nitrogens with two attached hydrogens (primary N) is 1. The van der Waals surface area contributed by atoms with Gasteiger partial charge in [-0.2, -0.15) is 0 Å². The lowest BCUT2D eigenvalue weighted by atomic mass is 10.1. The van der Waals surface area contributed by atoms with Crippen molar-refractivity contribution in [2.45, 2.75) is 6.54 Å². The third-order valence-corrected chi connectivity index (χ3v) is 2.26. The van der Waals surface area contributed by atoms with Crippen LogP contribution in [0.25, 0.3) is 10.9 Å². The molecule has 0 unspecified atom stereocenters. The minimum Gasteiger partial charge on any atom is -0.493 e. The third kappa shape index (κ3) is 1.15. The number of halogens is 1. The summed E-state index contributed by atoms with van der Waals surface area (Å²) in [5, 5.41) is 0.731. The van der Waals surface area contributed by atoms with E-state index < -0.39 is 0 Å². The van der Waals surface area contributed by atoms with Crippen LogP contribution in [0.2, 0.25) is 0 Å². The van der Waals surface area contributed by atoms with Gasteiger partial charge in [-0.1, -0.05) is 0 Å². The van der Waals surface area contributed by atoms with Gasteiger partial charge in [-0.05, 0) is 17.7 Å². The number of aromatic nitrogens is 1. The van der Waals surface area contributed by atoms with E-state index in [4.69, 9.17) is 10.5 Å². The van der Waals surface area contributed by atoms with Crippen molar-refractivity contribution in [2.24, 2.45) is 5.73 Å². The molecule has 0 fully saturated rings. The molecule has 0 amide bonds. The summed E-state index contributed by atoms with van der Waals surface area (Å²) in [6.45, 7) is 0.361. The topological polar surface area (TPSA) is 51.0 Å². The van der Waals surface area contributed by atoms with E-state index in [-0.39, 0.29) is 11.6 Å². The largest absolute Gasteiger partial charge is 0.493 e. The van der Waals surface area contributed by atoms with E-state index in [1.54, 1.807) is 12.3 Å². The minimum atomic E-state index is -0.366. The van der Waals surface area contributed by atoms with Gasteiger partial charge in [0.25, 0.3) is 0 Å². The summed E-state index contributed by atoms with van der Waals surface area (Å²) in [5.74, 6) is -0.112. The first-order valence-corrected chi connectivity index (χ1v) is 4.30. The Morgan fingerprint density at radius 1 is 1.50 bits per heavy atom. The van der Waals surface area contributed by atoms with E-state index in [0.29, 0.717) is 6.54 Å². The number of aromatic amines is 1. The number of H-pyrrole nitrogens is 1. The van der Waals surface area contributed by atoms with E-state index >= 15 is 0 Å². The van der Waals surface area contributed by atoms with Gasteiger partial charge in [0.1, 0.15) is 0 Å². The second-order valence-corrected chi connectivity index (χ2v) is 3.02. The molecule has 0 bridgehead atoms. The number of hydrogen-bond acceptors (Lipinski definition) is 2. The second kappa shape index (κ2) is 3.31. The zero-order valence-corrected chi connectivity index (χ0v) is 7.80. The van der Waals surface area contributed by atoms with Crippen LogP contribution < -0.4 is 10.5 Å². The summed E-state index contributed by atoms with van der Waals surface area (Å²) < 4.78 is 18.3. The molecule has 3 nitrogen and oxygen atoms in total. The molecule has 14 heavy (non-hydrogen) atoms. The number of ether oxygens (including phenoxy) is 1. The van der Waals surface area contributed by atoms with Crippen molar-refractivity contribution in [3.05, 3.63) is 29.7 Å². The summed E-state index contributed by atoms with van der Waals surface area (Å²) in [6.07, 6.45) is 1.77. The summed E-state index contributed by atoms with van der Waals surface area (Å²) in [5.41, 5.74) is 7.23. The fourth-order valence-corrected chi connectivity index (χ4v) is 1.59. The maximum Gasteiger partial charge on any atom is 0.165 e. The average molecular weight is 194 g/mol. The molecule has 0 atom stereocenters. The van der Waals surface area contributed by atoms with Crippen LogP contribution in [-0.4, -0.2) is 12.1 Å². The highest BCUT2D eigenvalue weighted by atomic mass is 19.1. The van der Waals surface area contributed by atoms with E-state index in [2.05, 4.69) is 4.98 Å². The van der Waals surface area contributed by atoms with Gasteiger partial charge in [-0.15, -0.1) is 0 Å². The number of fused-ring (bicyclic) bond motifs is 1. The summed E-state index contributed by atoms with van der Waals surface area (Å²) in [6, 6.07) is 3.05. The fraction of sp³-hybridized carbons (Fsp3) is 0.200. The number of benzene rings is 1. The summed E-state index contributed by atoms with van der Waals surface area (Å²) in [7, 11) is 1.45. The normalized spacial score (nSPS) is 10.8. The molecule has 0 saturated carbocycles. The molecule has 0 radical (unpaired) electrons. The maximum atomic E-state index is 13.3. The van der Waals surface area contributed by atoms with Gasteiger partial charge in [0.15, 0.2) is 11.6 Å².